The molecule has 0 heteroatoms. The van der Waals surface area contributed by atoms with Gasteiger partial charge in [-0.3, -0.25) is 0 Å². The van der Waals surface area contributed by atoms with Gasteiger partial charge in [0, 0.05) is 5.41 Å². The minimum atomic E-state index is 0.261. The van der Waals surface area contributed by atoms with E-state index in [1.807, 2.05) is 0 Å². The highest BCUT2D eigenvalue weighted by molar-refractivity contribution is 5.47. The molecule has 0 heterocycles. The van der Waals surface area contributed by atoms with Gasteiger partial charge in [0.1, 0.15) is 0 Å². The molecule has 1 aliphatic carbocycles. The normalized spacial score (nSPS) is 27.0. The fourth-order valence-corrected chi connectivity index (χ4v) is 1.80. The highest BCUT2D eigenvalue weighted by atomic mass is 14.4. The summed E-state index contributed by atoms with van der Waals surface area (Å²) in [6.45, 7) is 6.09. The third-order valence-corrected chi connectivity index (χ3v) is 2.64. The van der Waals surface area contributed by atoms with Crippen molar-refractivity contribution in [3.05, 3.63) is 48.0 Å². The van der Waals surface area contributed by atoms with Gasteiger partial charge in [0.2, 0.25) is 0 Å². The van der Waals surface area contributed by atoms with E-state index in [0.717, 1.165) is 6.42 Å². The molecule has 0 saturated carbocycles. The maximum absolute atomic E-state index is 3.85. The Hall–Kier alpha value is -1.04. The minimum absolute atomic E-state index is 0.261. The van der Waals surface area contributed by atoms with Gasteiger partial charge in [-0.15, -0.1) is 6.58 Å². The van der Waals surface area contributed by atoms with E-state index in [9.17, 15) is 0 Å². The Morgan fingerprint density at radius 3 is 2.82 bits per heavy atom. The maximum atomic E-state index is 3.85. The Morgan fingerprint density at radius 2 is 2.18 bits per heavy atom. The molecule has 0 aliphatic heterocycles. The Labute approximate surface area is 67.6 Å². The fraction of sp³-hybridized carbons (Fsp3) is 0.273. The van der Waals surface area contributed by atoms with Crippen LogP contribution in [0.5, 0.6) is 0 Å². The molecular weight excluding hydrogens is 132 g/mol. The van der Waals surface area contributed by atoms with Crippen LogP contribution in [0.1, 0.15) is 18.1 Å². The van der Waals surface area contributed by atoms with Gasteiger partial charge in [-0.2, -0.15) is 0 Å². The molecule has 1 atom stereocenters. The molecule has 0 aromatic heterocycles. The van der Waals surface area contributed by atoms with Crippen molar-refractivity contribution in [2.24, 2.45) is 0 Å². The van der Waals surface area contributed by atoms with Crippen LogP contribution in [0, 0.1) is 0 Å². The van der Waals surface area contributed by atoms with E-state index in [1.54, 1.807) is 0 Å². The molecular formula is C11H12. The van der Waals surface area contributed by atoms with Crippen molar-refractivity contribution in [1.82, 2.24) is 0 Å². The van der Waals surface area contributed by atoms with Crippen LogP contribution in [0.15, 0.2) is 36.9 Å². The largest absolute Gasteiger partial charge is 0.102 e. The predicted molar refractivity (Wildman–Crippen MR) is 47.7 cm³/mol. The first-order chi connectivity index (χ1) is 5.26. The standard InChI is InChI=1S/C11H12/c1-3-11(2)8-9-6-4-5-7-10(9)11/h3-7H,1,8H2,2H3/t11-/m1/s1. The van der Waals surface area contributed by atoms with Crippen LogP contribution in [0.2, 0.25) is 0 Å². The van der Waals surface area contributed by atoms with Crippen LogP contribution >= 0.6 is 0 Å². The zero-order chi connectivity index (χ0) is 7.90. The molecule has 0 saturated heterocycles. The van der Waals surface area contributed by atoms with E-state index in [2.05, 4.69) is 43.8 Å². The van der Waals surface area contributed by atoms with Crippen LogP contribution in [-0.2, 0) is 11.8 Å². The lowest BCUT2D eigenvalue weighted by Gasteiger charge is -2.38. The van der Waals surface area contributed by atoms with Gasteiger partial charge in [-0.25, -0.2) is 0 Å². The van der Waals surface area contributed by atoms with Crippen molar-refractivity contribution in [3.63, 3.8) is 0 Å². The Kier molecular flexibility index (Phi) is 1.19. The summed E-state index contributed by atoms with van der Waals surface area (Å²) in [7, 11) is 0. The molecule has 0 unspecified atom stereocenters. The van der Waals surface area contributed by atoms with Crippen molar-refractivity contribution in [2.75, 3.05) is 0 Å². The van der Waals surface area contributed by atoms with E-state index in [-0.39, 0.29) is 5.41 Å². The van der Waals surface area contributed by atoms with Gasteiger partial charge in [-0.1, -0.05) is 37.3 Å². The molecule has 1 aromatic rings. The lowest BCUT2D eigenvalue weighted by atomic mass is 9.65. The first-order valence-corrected chi connectivity index (χ1v) is 3.98. The van der Waals surface area contributed by atoms with Crippen molar-refractivity contribution in [2.45, 2.75) is 18.8 Å². The second-order valence-corrected chi connectivity index (χ2v) is 3.46. The van der Waals surface area contributed by atoms with E-state index in [0.29, 0.717) is 0 Å². The van der Waals surface area contributed by atoms with Crippen LogP contribution in [0.4, 0.5) is 0 Å². The van der Waals surface area contributed by atoms with E-state index in [4.69, 9.17) is 0 Å². The summed E-state index contributed by atoms with van der Waals surface area (Å²) in [5.41, 5.74) is 3.20. The third-order valence-electron chi connectivity index (χ3n) is 2.64. The molecule has 0 fully saturated rings. The first-order valence-electron chi connectivity index (χ1n) is 3.98. The van der Waals surface area contributed by atoms with Crippen molar-refractivity contribution < 1.29 is 0 Å². The number of rotatable bonds is 1. The predicted octanol–water partition coefficient (Wildman–Crippen LogP) is 2.69. The smallest absolute Gasteiger partial charge is 0.0144 e. The zero-order valence-corrected chi connectivity index (χ0v) is 6.80. The molecule has 1 aliphatic rings. The lowest BCUT2D eigenvalue weighted by Crippen LogP contribution is -2.33. The third kappa shape index (κ3) is 0.756. The number of hydrogen-bond acceptors (Lipinski definition) is 0. The molecule has 1 aromatic carbocycles. The lowest BCUT2D eigenvalue weighted by molar-refractivity contribution is 0.518. The second kappa shape index (κ2) is 1.97. The Morgan fingerprint density at radius 1 is 1.45 bits per heavy atom. The molecule has 0 radical (unpaired) electrons. The van der Waals surface area contributed by atoms with Crippen LogP contribution in [0.3, 0.4) is 0 Å². The SMILES string of the molecule is C=C[C@]1(C)Cc2ccccc21. The number of hydrogen-bond donors (Lipinski definition) is 0. The van der Waals surface area contributed by atoms with E-state index in [1.165, 1.54) is 11.1 Å². The summed E-state index contributed by atoms with van der Waals surface area (Å²) >= 11 is 0. The summed E-state index contributed by atoms with van der Waals surface area (Å²) in [4.78, 5) is 0. The number of fused-ring (bicyclic) bond motifs is 1. The van der Waals surface area contributed by atoms with Gasteiger partial charge in [-0.05, 0) is 17.5 Å². The van der Waals surface area contributed by atoms with Gasteiger partial charge in [0.05, 0.1) is 0 Å². The summed E-state index contributed by atoms with van der Waals surface area (Å²) in [5, 5.41) is 0. The highest BCUT2D eigenvalue weighted by Gasteiger charge is 2.34. The molecule has 2 rings (SSSR count). The molecule has 0 spiro atoms. The minimum Gasteiger partial charge on any atom is -0.102 e. The molecule has 0 bridgehead atoms. The van der Waals surface area contributed by atoms with Crippen molar-refractivity contribution in [1.29, 1.82) is 0 Å². The quantitative estimate of drug-likeness (QED) is 0.531. The number of benzene rings is 1. The molecule has 0 amide bonds. The number of allylic oxidation sites excluding steroid dienone is 1. The molecule has 56 valence electrons. The molecule has 0 N–H and O–H groups in total. The van der Waals surface area contributed by atoms with Crippen molar-refractivity contribution >= 4 is 0 Å². The monoisotopic (exact) mass is 144 g/mol. The topological polar surface area (TPSA) is 0 Å². The average molecular weight is 144 g/mol. The van der Waals surface area contributed by atoms with Gasteiger partial charge >= 0.3 is 0 Å². The Balaban J connectivity index is 2.50. The van der Waals surface area contributed by atoms with Crippen molar-refractivity contribution in [3.8, 4) is 0 Å². The summed E-state index contributed by atoms with van der Waals surface area (Å²) in [5.74, 6) is 0. The summed E-state index contributed by atoms with van der Waals surface area (Å²) < 4.78 is 0. The maximum Gasteiger partial charge on any atom is 0.0144 e. The summed E-state index contributed by atoms with van der Waals surface area (Å²) in [6.07, 6.45) is 3.21. The van der Waals surface area contributed by atoms with Crippen LogP contribution < -0.4 is 0 Å². The molecule has 0 nitrogen and oxygen atoms in total. The highest BCUT2D eigenvalue weighted by Crippen LogP contribution is 2.41. The summed E-state index contributed by atoms with van der Waals surface area (Å²) in [6, 6.07) is 8.59. The zero-order valence-electron chi connectivity index (χ0n) is 6.80. The van der Waals surface area contributed by atoms with Gasteiger partial charge in [0.25, 0.3) is 0 Å². The fourth-order valence-electron chi connectivity index (χ4n) is 1.80. The van der Waals surface area contributed by atoms with Crippen LogP contribution in [0.25, 0.3) is 0 Å². The Bertz CT molecular complexity index is 299. The van der Waals surface area contributed by atoms with Crippen LogP contribution in [-0.4, -0.2) is 0 Å². The first kappa shape index (κ1) is 6.66. The van der Waals surface area contributed by atoms with E-state index >= 15 is 0 Å². The second-order valence-electron chi connectivity index (χ2n) is 3.46. The average Bonchev–Trinajstić information content (AvgIpc) is 2.02. The van der Waals surface area contributed by atoms with Gasteiger partial charge in [0.15, 0.2) is 0 Å². The molecule has 11 heavy (non-hydrogen) atoms. The van der Waals surface area contributed by atoms with Gasteiger partial charge < -0.3 is 0 Å². The van der Waals surface area contributed by atoms with E-state index < -0.39 is 0 Å².